The van der Waals surface area contributed by atoms with Crippen LogP contribution in [0.15, 0.2) is 42.2 Å². The molecule has 82 valence electrons. The van der Waals surface area contributed by atoms with Gasteiger partial charge < -0.3 is 4.89 Å². The fourth-order valence-corrected chi connectivity index (χ4v) is 2.55. The van der Waals surface area contributed by atoms with Gasteiger partial charge in [-0.05, 0) is 24.2 Å². The van der Waals surface area contributed by atoms with Gasteiger partial charge >= 0.3 is 0 Å². The molecule has 2 nitrogen and oxygen atoms in total. The van der Waals surface area contributed by atoms with Gasteiger partial charge in [0, 0.05) is 6.16 Å². The Morgan fingerprint density at radius 1 is 1.33 bits per heavy atom. The molecule has 0 amide bonds. The maximum atomic E-state index is 11.6. The normalized spacial score (nSPS) is 15.3. The van der Waals surface area contributed by atoms with Crippen molar-refractivity contribution >= 4 is 7.37 Å². The first-order chi connectivity index (χ1) is 7.14. The largest absolute Gasteiger partial charge is 0.341 e. The predicted octanol–water partition coefficient (Wildman–Crippen LogP) is 3.42. The van der Waals surface area contributed by atoms with E-state index in [9.17, 15) is 9.46 Å². The molecule has 0 radical (unpaired) electrons. The Kier molecular flexibility index (Phi) is 4.80. The van der Waals surface area contributed by atoms with E-state index < -0.39 is 7.37 Å². The van der Waals surface area contributed by atoms with Crippen LogP contribution in [-0.4, -0.2) is 11.1 Å². The highest BCUT2D eigenvalue weighted by Gasteiger charge is 2.12. The molecule has 15 heavy (non-hydrogen) atoms. The van der Waals surface area contributed by atoms with Gasteiger partial charge in [-0.15, -0.1) is 0 Å². The van der Waals surface area contributed by atoms with Crippen LogP contribution in [0.5, 0.6) is 0 Å². The highest BCUT2D eigenvalue weighted by molar-refractivity contribution is 7.61. The second-order valence-electron chi connectivity index (χ2n) is 3.51. The number of hydrogen-bond donors (Lipinski definition) is 1. The molecule has 0 saturated carbocycles. The average molecular weight is 224 g/mol. The minimum atomic E-state index is -3.06. The van der Waals surface area contributed by atoms with Crippen molar-refractivity contribution in [1.82, 2.24) is 0 Å². The van der Waals surface area contributed by atoms with Crippen LogP contribution in [0.4, 0.5) is 0 Å². The molecule has 0 bridgehead atoms. The van der Waals surface area contributed by atoms with Gasteiger partial charge in [-0.25, -0.2) is 0 Å². The quantitative estimate of drug-likeness (QED) is 0.778. The van der Waals surface area contributed by atoms with Gasteiger partial charge in [-0.2, -0.15) is 0 Å². The minimum absolute atomic E-state index is 0.327. The zero-order chi connectivity index (χ0) is 11.1. The lowest BCUT2D eigenvalue weighted by atomic mass is 10.2. The summed E-state index contributed by atoms with van der Waals surface area (Å²) in [7, 11) is -3.06. The summed E-state index contributed by atoms with van der Waals surface area (Å²) < 4.78 is 11.6. The monoisotopic (exact) mass is 224 g/mol. The second-order valence-corrected chi connectivity index (χ2v) is 5.76. The van der Waals surface area contributed by atoms with Crippen LogP contribution in [0.1, 0.15) is 18.9 Å². The highest BCUT2D eigenvalue weighted by Crippen LogP contribution is 2.42. The van der Waals surface area contributed by atoms with Gasteiger partial charge in [-0.1, -0.05) is 43.3 Å². The molecule has 1 aromatic carbocycles. The Balaban J connectivity index is 2.50. The van der Waals surface area contributed by atoms with Gasteiger partial charge in [0.1, 0.15) is 0 Å². The molecule has 0 saturated heterocycles. The lowest BCUT2D eigenvalue weighted by Gasteiger charge is -2.06. The Morgan fingerprint density at radius 3 is 2.60 bits per heavy atom. The minimum Gasteiger partial charge on any atom is -0.341 e. The van der Waals surface area contributed by atoms with Gasteiger partial charge in [-0.3, -0.25) is 4.57 Å². The molecule has 0 aliphatic carbocycles. The maximum Gasteiger partial charge on any atom is 0.222 e. The van der Waals surface area contributed by atoms with Crippen LogP contribution in [0.2, 0.25) is 0 Å². The molecule has 0 heterocycles. The number of hydrogen-bond acceptors (Lipinski definition) is 1. The zero-order valence-corrected chi connectivity index (χ0v) is 9.86. The first-order valence-corrected chi connectivity index (χ1v) is 7.08. The van der Waals surface area contributed by atoms with E-state index in [0.717, 1.165) is 12.0 Å². The van der Waals surface area contributed by atoms with E-state index in [2.05, 4.69) is 0 Å². The molecule has 1 atom stereocenters. The number of rotatable bonds is 5. The van der Waals surface area contributed by atoms with Crippen molar-refractivity contribution in [2.45, 2.75) is 19.8 Å². The van der Waals surface area contributed by atoms with Crippen molar-refractivity contribution in [2.75, 3.05) is 6.16 Å². The van der Waals surface area contributed by atoms with E-state index in [1.165, 1.54) is 5.82 Å². The third-order valence-corrected chi connectivity index (χ3v) is 3.68. The van der Waals surface area contributed by atoms with Crippen LogP contribution in [0.3, 0.4) is 0 Å². The fourth-order valence-electron chi connectivity index (χ4n) is 1.28. The van der Waals surface area contributed by atoms with Crippen molar-refractivity contribution in [3.8, 4) is 0 Å². The van der Waals surface area contributed by atoms with E-state index in [0.29, 0.717) is 12.6 Å². The SMILES string of the molecule is CCC=CP(=O)(O)CCc1ccccc1. The molecule has 1 unspecified atom stereocenters. The Hall–Kier alpha value is -0.850. The molecule has 1 N–H and O–H groups in total. The molecular weight excluding hydrogens is 207 g/mol. The lowest BCUT2D eigenvalue weighted by molar-refractivity contribution is 0.488. The molecule has 0 aliphatic rings. The number of allylic oxidation sites excluding steroid dienone is 1. The van der Waals surface area contributed by atoms with Crippen LogP contribution in [-0.2, 0) is 11.0 Å². The molecular formula is C12H17O2P. The van der Waals surface area contributed by atoms with Crippen LogP contribution in [0, 0.1) is 0 Å². The van der Waals surface area contributed by atoms with Crippen LogP contribution < -0.4 is 0 Å². The van der Waals surface area contributed by atoms with E-state index in [-0.39, 0.29) is 0 Å². The Labute approximate surface area is 91.1 Å². The van der Waals surface area contributed by atoms with E-state index in [1.807, 2.05) is 37.3 Å². The topological polar surface area (TPSA) is 37.3 Å². The van der Waals surface area contributed by atoms with Gasteiger partial charge in [0.2, 0.25) is 7.37 Å². The Bertz CT molecular complexity index is 357. The van der Waals surface area contributed by atoms with Crippen molar-refractivity contribution < 1.29 is 9.46 Å². The van der Waals surface area contributed by atoms with E-state index in [4.69, 9.17) is 0 Å². The molecule has 0 spiro atoms. The van der Waals surface area contributed by atoms with Gasteiger partial charge in [0.25, 0.3) is 0 Å². The Morgan fingerprint density at radius 2 is 2.00 bits per heavy atom. The second kappa shape index (κ2) is 5.89. The fraction of sp³-hybridized carbons (Fsp3) is 0.333. The summed E-state index contributed by atoms with van der Waals surface area (Å²) in [5.41, 5.74) is 1.11. The summed E-state index contributed by atoms with van der Waals surface area (Å²) in [6.07, 6.45) is 3.54. The standard InChI is InChI=1S/C12H17O2P/c1-2-3-10-15(13,14)11-9-12-7-5-4-6-8-12/h3-8,10H,2,9,11H2,1H3,(H,13,14). The zero-order valence-electron chi connectivity index (χ0n) is 8.97. The summed E-state index contributed by atoms with van der Waals surface area (Å²) in [6, 6.07) is 9.78. The summed E-state index contributed by atoms with van der Waals surface area (Å²) in [4.78, 5) is 9.58. The lowest BCUT2D eigenvalue weighted by Crippen LogP contribution is -1.92. The van der Waals surface area contributed by atoms with Crippen molar-refractivity contribution in [1.29, 1.82) is 0 Å². The van der Waals surface area contributed by atoms with Crippen molar-refractivity contribution in [3.05, 3.63) is 47.8 Å². The number of aryl methyl sites for hydroxylation is 1. The third kappa shape index (κ3) is 4.96. The highest BCUT2D eigenvalue weighted by atomic mass is 31.2. The summed E-state index contributed by atoms with van der Waals surface area (Å²) in [5, 5.41) is 0. The first-order valence-electron chi connectivity index (χ1n) is 5.17. The van der Waals surface area contributed by atoms with Crippen molar-refractivity contribution in [3.63, 3.8) is 0 Å². The van der Waals surface area contributed by atoms with E-state index in [1.54, 1.807) is 6.08 Å². The number of benzene rings is 1. The molecule has 1 rings (SSSR count). The summed E-state index contributed by atoms with van der Waals surface area (Å²) in [5.74, 6) is 1.45. The third-order valence-electron chi connectivity index (χ3n) is 2.14. The van der Waals surface area contributed by atoms with Gasteiger partial charge in [0.15, 0.2) is 0 Å². The molecule has 0 aliphatic heterocycles. The van der Waals surface area contributed by atoms with Crippen molar-refractivity contribution in [2.24, 2.45) is 0 Å². The van der Waals surface area contributed by atoms with Crippen LogP contribution >= 0.6 is 7.37 Å². The molecule has 1 aromatic rings. The van der Waals surface area contributed by atoms with E-state index >= 15 is 0 Å². The predicted molar refractivity (Wildman–Crippen MR) is 64.3 cm³/mol. The smallest absolute Gasteiger partial charge is 0.222 e. The first kappa shape index (κ1) is 12.2. The van der Waals surface area contributed by atoms with Gasteiger partial charge in [0.05, 0.1) is 0 Å². The summed E-state index contributed by atoms with van der Waals surface area (Å²) >= 11 is 0. The maximum absolute atomic E-state index is 11.6. The molecule has 3 heteroatoms. The average Bonchev–Trinajstić information content (AvgIpc) is 2.25. The molecule has 0 fully saturated rings. The summed E-state index contributed by atoms with van der Waals surface area (Å²) in [6.45, 7) is 1.95. The molecule has 0 aromatic heterocycles. The van der Waals surface area contributed by atoms with Crippen LogP contribution in [0.25, 0.3) is 0 Å².